The highest BCUT2D eigenvalue weighted by atomic mass is 16.5. The van der Waals surface area contributed by atoms with E-state index in [9.17, 15) is 9.59 Å². The summed E-state index contributed by atoms with van der Waals surface area (Å²) >= 11 is 0. The minimum absolute atomic E-state index is 0.186. The maximum absolute atomic E-state index is 12.8. The number of ether oxygens (including phenoxy) is 1. The van der Waals surface area contributed by atoms with Crippen LogP contribution in [0, 0.1) is 0 Å². The van der Waals surface area contributed by atoms with Gasteiger partial charge in [0.2, 0.25) is 0 Å². The van der Waals surface area contributed by atoms with Crippen molar-refractivity contribution in [3.63, 3.8) is 0 Å². The maximum atomic E-state index is 12.8. The summed E-state index contributed by atoms with van der Waals surface area (Å²) in [5.41, 5.74) is 3.98. The van der Waals surface area contributed by atoms with Crippen LogP contribution in [0.25, 0.3) is 22.6 Å². The molecule has 0 saturated carbocycles. The van der Waals surface area contributed by atoms with Crippen LogP contribution in [0.15, 0.2) is 47.1 Å². The predicted molar refractivity (Wildman–Crippen MR) is 102 cm³/mol. The molecule has 1 aromatic carbocycles. The van der Waals surface area contributed by atoms with Gasteiger partial charge >= 0.3 is 5.97 Å². The first-order valence-corrected chi connectivity index (χ1v) is 8.96. The average Bonchev–Trinajstić information content (AvgIpc) is 3.18. The van der Waals surface area contributed by atoms with Crippen LogP contribution in [-0.2, 0) is 16.0 Å². The first-order valence-electron chi connectivity index (χ1n) is 8.96. The summed E-state index contributed by atoms with van der Waals surface area (Å²) in [5, 5.41) is 0.754. The minimum atomic E-state index is -0.473. The number of aromatic nitrogens is 1. The standard InChI is InChI=1S/C22H19NO4/c1-14(24)13-27-22(25)20-17-8-2-3-10-19(17)23-21-15(6-4-9-18(20)21)12-16-7-5-11-26-16/h2-3,5,7-8,10-12H,4,6,9,13H2,1H3/b15-12-. The molecule has 0 bridgehead atoms. The molecule has 5 heteroatoms. The number of carbonyl (C=O) groups is 2. The lowest BCUT2D eigenvalue weighted by Gasteiger charge is -2.22. The van der Waals surface area contributed by atoms with E-state index in [1.165, 1.54) is 6.92 Å². The van der Waals surface area contributed by atoms with E-state index in [0.717, 1.165) is 52.8 Å². The highest BCUT2D eigenvalue weighted by Gasteiger charge is 2.26. The van der Waals surface area contributed by atoms with Crippen LogP contribution in [0.1, 0.15) is 47.1 Å². The zero-order chi connectivity index (χ0) is 18.8. The Morgan fingerprint density at radius 1 is 1.19 bits per heavy atom. The lowest BCUT2D eigenvalue weighted by molar-refractivity contribution is -0.120. The number of nitrogens with zero attached hydrogens (tertiary/aromatic N) is 1. The molecule has 27 heavy (non-hydrogen) atoms. The van der Waals surface area contributed by atoms with E-state index in [0.29, 0.717) is 5.56 Å². The summed E-state index contributed by atoms with van der Waals surface area (Å²) in [5.74, 6) is 0.0989. The molecular formula is C22H19NO4. The number of esters is 1. The molecule has 0 aliphatic heterocycles. The number of furan rings is 1. The Labute approximate surface area is 156 Å². The molecule has 2 aromatic heterocycles. The van der Waals surface area contributed by atoms with Gasteiger partial charge in [0.05, 0.1) is 23.0 Å². The summed E-state index contributed by atoms with van der Waals surface area (Å²) in [4.78, 5) is 28.9. The number of rotatable bonds is 4. The molecule has 0 N–H and O–H groups in total. The first kappa shape index (κ1) is 17.2. The van der Waals surface area contributed by atoms with Crippen molar-refractivity contribution in [2.75, 3.05) is 6.61 Å². The number of pyridine rings is 1. The number of allylic oxidation sites excluding steroid dienone is 1. The van der Waals surface area contributed by atoms with Crippen LogP contribution in [-0.4, -0.2) is 23.3 Å². The van der Waals surface area contributed by atoms with Crippen molar-refractivity contribution in [3.05, 3.63) is 65.2 Å². The third-order valence-corrected chi connectivity index (χ3v) is 4.64. The van der Waals surface area contributed by atoms with Gasteiger partial charge in [0.1, 0.15) is 12.4 Å². The number of benzene rings is 1. The molecule has 1 aliphatic rings. The molecule has 136 valence electrons. The van der Waals surface area contributed by atoms with Gasteiger partial charge in [-0.3, -0.25) is 4.79 Å². The summed E-state index contributed by atoms with van der Waals surface area (Å²) in [6.45, 7) is 1.18. The molecule has 0 saturated heterocycles. The van der Waals surface area contributed by atoms with Crippen molar-refractivity contribution < 1.29 is 18.7 Å². The van der Waals surface area contributed by atoms with Crippen LogP contribution < -0.4 is 0 Å². The largest absolute Gasteiger partial charge is 0.465 e. The van der Waals surface area contributed by atoms with Crippen LogP contribution in [0.4, 0.5) is 0 Å². The molecule has 0 radical (unpaired) electrons. The minimum Gasteiger partial charge on any atom is -0.465 e. The number of fused-ring (bicyclic) bond motifs is 2. The fourth-order valence-electron chi connectivity index (χ4n) is 3.49. The molecule has 0 atom stereocenters. The molecule has 3 aromatic rings. The first-order chi connectivity index (χ1) is 13.1. The third kappa shape index (κ3) is 3.40. The summed E-state index contributed by atoms with van der Waals surface area (Å²) < 4.78 is 10.7. The number of ketones is 1. The zero-order valence-electron chi connectivity index (χ0n) is 15.0. The predicted octanol–water partition coefficient (Wildman–Crippen LogP) is 4.45. The second-order valence-electron chi connectivity index (χ2n) is 6.65. The van der Waals surface area contributed by atoms with E-state index in [1.54, 1.807) is 6.26 Å². The monoisotopic (exact) mass is 361 g/mol. The van der Waals surface area contributed by atoms with Crippen molar-refractivity contribution in [1.29, 1.82) is 0 Å². The summed E-state index contributed by atoms with van der Waals surface area (Å²) in [6, 6.07) is 11.3. The van der Waals surface area contributed by atoms with Crippen LogP contribution in [0.3, 0.4) is 0 Å². The Balaban J connectivity index is 1.89. The number of hydrogen-bond donors (Lipinski definition) is 0. The quantitative estimate of drug-likeness (QED) is 0.642. The molecule has 0 fully saturated rings. The maximum Gasteiger partial charge on any atom is 0.339 e. The van der Waals surface area contributed by atoms with Crippen molar-refractivity contribution in [1.82, 2.24) is 4.98 Å². The topological polar surface area (TPSA) is 69.4 Å². The molecule has 0 spiro atoms. The van der Waals surface area contributed by atoms with Gasteiger partial charge in [-0.25, -0.2) is 9.78 Å². The van der Waals surface area contributed by atoms with Crippen LogP contribution in [0.2, 0.25) is 0 Å². The highest BCUT2D eigenvalue weighted by Crippen LogP contribution is 2.36. The molecular weight excluding hydrogens is 342 g/mol. The van der Waals surface area contributed by atoms with Crippen LogP contribution in [0.5, 0.6) is 0 Å². The lowest BCUT2D eigenvalue weighted by Crippen LogP contribution is -2.17. The van der Waals surface area contributed by atoms with Gasteiger partial charge in [0, 0.05) is 5.39 Å². The van der Waals surface area contributed by atoms with E-state index >= 15 is 0 Å². The van der Waals surface area contributed by atoms with Gasteiger partial charge in [-0.15, -0.1) is 0 Å². The second-order valence-corrected chi connectivity index (χ2v) is 6.65. The third-order valence-electron chi connectivity index (χ3n) is 4.64. The van der Waals surface area contributed by atoms with Crippen LogP contribution >= 0.6 is 0 Å². The van der Waals surface area contributed by atoms with Crippen molar-refractivity contribution >= 4 is 34.3 Å². The van der Waals surface area contributed by atoms with Gasteiger partial charge in [-0.2, -0.15) is 0 Å². The van der Waals surface area contributed by atoms with Crippen molar-refractivity contribution in [2.45, 2.75) is 26.2 Å². The smallest absolute Gasteiger partial charge is 0.339 e. The molecule has 0 unspecified atom stereocenters. The lowest BCUT2D eigenvalue weighted by atomic mass is 9.86. The van der Waals surface area contributed by atoms with Crippen molar-refractivity contribution in [3.8, 4) is 0 Å². The highest BCUT2D eigenvalue weighted by molar-refractivity contribution is 6.07. The Morgan fingerprint density at radius 3 is 2.81 bits per heavy atom. The summed E-state index contributed by atoms with van der Waals surface area (Å²) in [7, 11) is 0. The molecule has 0 amide bonds. The molecule has 1 aliphatic carbocycles. The summed E-state index contributed by atoms with van der Waals surface area (Å²) in [6.07, 6.45) is 6.12. The molecule has 2 heterocycles. The van der Waals surface area contributed by atoms with E-state index in [4.69, 9.17) is 14.1 Å². The van der Waals surface area contributed by atoms with Gasteiger partial charge < -0.3 is 9.15 Å². The van der Waals surface area contributed by atoms with E-state index in [2.05, 4.69) is 0 Å². The zero-order valence-corrected chi connectivity index (χ0v) is 15.0. The number of para-hydroxylation sites is 1. The van der Waals surface area contributed by atoms with Gasteiger partial charge in [-0.1, -0.05) is 18.2 Å². The Hall–Kier alpha value is -3.21. The van der Waals surface area contributed by atoms with Gasteiger partial charge in [-0.05, 0) is 61.6 Å². The van der Waals surface area contributed by atoms with E-state index < -0.39 is 5.97 Å². The fourth-order valence-corrected chi connectivity index (χ4v) is 3.49. The molecule has 4 rings (SSSR count). The van der Waals surface area contributed by atoms with E-state index in [-0.39, 0.29) is 12.4 Å². The van der Waals surface area contributed by atoms with Gasteiger partial charge in [0.15, 0.2) is 5.78 Å². The number of Topliss-reactive ketones (excluding diaryl/α,β-unsaturated/α-hetero) is 1. The molecule has 5 nitrogen and oxygen atoms in total. The number of hydrogen-bond acceptors (Lipinski definition) is 5. The second kappa shape index (κ2) is 7.19. The van der Waals surface area contributed by atoms with E-state index in [1.807, 2.05) is 42.5 Å². The Bertz CT molecular complexity index is 1050. The average molecular weight is 361 g/mol. The Morgan fingerprint density at radius 2 is 2.04 bits per heavy atom. The van der Waals surface area contributed by atoms with Gasteiger partial charge in [0.25, 0.3) is 0 Å². The Kier molecular flexibility index (Phi) is 4.59. The number of carbonyl (C=O) groups excluding carboxylic acids is 2. The normalized spacial score (nSPS) is 14.9. The SMILES string of the molecule is CC(=O)COC(=O)c1c2c(nc3ccccc13)/C(=C\c1ccco1)CCC2. The fraction of sp³-hybridized carbons (Fsp3) is 0.227. The van der Waals surface area contributed by atoms with Crippen molar-refractivity contribution in [2.24, 2.45) is 0 Å².